The van der Waals surface area contributed by atoms with Crippen LogP contribution in [-0.4, -0.2) is 54.3 Å². The monoisotopic (exact) mass is 339 g/mol. The van der Waals surface area contributed by atoms with Gasteiger partial charge in [0.15, 0.2) is 5.75 Å². The van der Waals surface area contributed by atoms with Crippen molar-refractivity contribution in [3.63, 3.8) is 0 Å². The van der Waals surface area contributed by atoms with Crippen LogP contribution in [-0.2, 0) is 10.5 Å². The molecule has 1 atom stereocenters. The van der Waals surface area contributed by atoms with Gasteiger partial charge in [-0.1, -0.05) is 6.07 Å². The first-order valence-electron chi connectivity index (χ1n) is 7.42. The van der Waals surface area contributed by atoms with Crippen LogP contribution < -0.4 is 10.1 Å². The van der Waals surface area contributed by atoms with Gasteiger partial charge in [0, 0.05) is 37.5 Å². The summed E-state index contributed by atoms with van der Waals surface area (Å²) >= 11 is 1.47. The second-order valence-electron chi connectivity index (χ2n) is 5.40. The van der Waals surface area contributed by atoms with E-state index in [0.29, 0.717) is 11.5 Å². The van der Waals surface area contributed by atoms with E-state index in [1.54, 1.807) is 12.1 Å². The van der Waals surface area contributed by atoms with Gasteiger partial charge in [-0.15, -0.1) is 11.8 Å². The number of ether oxygens (including phenoxy) is 1. The smallest absolute Gasteiger partial charge is 0.311 e. The summed E-state index contributed by atoms with van der Waals surface area (Å²) in [7, 11) is 1.41. The Morgan fingerprint density at radius 1 is 1.57 bits per heavy atom. The molecule has 1 aliphatic rings. The number of carbonyl (C=O) groups is 1. The molecule has 1 aliphatic heterocycles. The normalized spacial score (nSPS) is 17.8. The fourth-order valence-corrected chi connectivity index (χ4v) is 3.38. The number of amides is 1. The number of nitrogens with zero attached hydrogens (tertiary/aromatic N) is 2. The molecule has 1 N–H and O–H groups in total. The molecule has 126 valence electrons. The first-order valence-corrected chi connectivity index (χ1v) is 8.57. The van der Waals surface area contributed by atoms with E-state index >= 15 is 0 Å². The van der Waals surface area contributed by atoms with E-state index in [1.165, 1.54) is 24.9 Å². The zero-order valence-corrected chi connectivity index (χ0v) is 14.1. The lowest BCUT2D eigenvalue weighted by molar-refractivity contribution is -0.385. The van der Waals surface area contributed by atoms with Crippen LogP contribution in [0.2, 0.25) is 0 Å². The number of nitro groups is 1. The molecule has 0 bridgehead atoms. The molecule has 0 aromatic heterocycles. The van der Waals surface area contributed by atoms with E-state index in [1.807, 2.05) is 11.8 Å². The zero-order valence-electron chi connectivity index (χ0n) is 13.3. The average molecular weight is 339 g/mol. The Morgan fingerprint density at radius 3 is 3.00 bits per heavy atom. The summed E-state index contributed by atoms with van der Waals surface area (Å²) in [6.45, 7) is 4.41. The minimum Gasteiger partial charge on any atom is -0.490 e. The Kier molecular flexibility index (Phi) is 6.23. The van der Waals surface area contributed by atoms with Crippen molar-refractivity contribution in [2.24, 2.45) is 0 Å². The number of methoxy groups -OCH3 is 1. The molecule has 8 heteroatoms. The molecule has 23 heavy (non-hydrogen) atoms. The van der Waals surface area contributed by atoms with E-state index in [2.05, 4.69) is 5.32 Å². The number of nitro benzene ring substituents is 1. The molecular weight excluding hydrogens is 318 g/mol. The van der Waals surface area contributed by atoms with Gasteiger partial charge < -0.3 is 15.0 Å². The van der Waals surface area contributed by atoms with Crippen LogP contribution >= 0.6 is 11.8 Å². The lowest BCUT2D eigenvalue weighted by Crippen LogP contribution is -2.52. The fraction of sp³-hybridized carbons (Fsp3) is 0.533. The predicted molar refractivity (Wildman–Crippen MR) is 89.9 cm³/mol. The highest BCUT2D eigenvalue weighted by atomic mass is 32.2. The van der Waals surface area contributed by atoms with Crippen LogP contribution in [0.15, 0.2) is 18.2 Å². The van der Waals surface area contributed by atoms with Gasteiger partial charge in [-0.3, -0.25) is 14.9 Å². The van der Waals surface area contributed by atoms with Crippen LogP contribution in [0.5, 0.6) is 5.75 Å². The standard InChI is InChI=1S/C15H21N3O4S/c1-11-8-16-5-6-17(11)15(19)10-23-9-12-3-4-14(22-2)13(7-12)18(20)21/h3-4,7,11,16H,5-6,8-10H2,1-2H3/t11-/m1/s1. The lowest BCUT2D eigenvalue weighted by atomic mass is 10.2. The molecular formula is C15H21N3O4S. The third-order valence-electron chi connectivity index (χ3n) is 3.76. The first-order chi connectivity index (χ1) is 11.0. The third-order valence-corrected chi connectivity index (χ3v) is 4.74. The second kappa shape index (κ2) is 8.16. The SMILES string of the molecule is COc1ccc(CSCC(=O)N2CCNC[C@H]2C)cc1[N+](=O)[O-]. The lowest BCUT2D eigenvalue weighted by Gasteiger charge is -2.34. The van der Waals surface area contributed by atoms with Crippen molar-refractivity contribution in [3.8, 4) is 5.75 Å². The second-order valence-corrected chi connectivity index (χ2v) is 6.38. The molecule has 0 unspecified atom stereocenters. The Bertz CT molecular complexity index is 582. The highest BCUT2D eigenvalue weighted by Crippen LogP contribution is 2.29. The van der Waals surface area contributed by atoms with Crippen molar-refractivity contribution in [2.45, 2.75) is 18.7 Å². The fourth-order valence-electron chi connectivity index (χ4n) is 2.52. The van der Waals surface area contributed by atoms with E-state index in [-0.39, 0.29) is 23.4 Å². The molecule has 7 nitrogen and oxygen atoms in total. The van der Waals surface area contributed by atoms with E-state index in [9.17, 15) is 14.9 Å². The number of thioether (sulfide) groups is 1. The molecule has 0 radical (unpaired) electrons. The number of benzene rings is 1. The minimum absolute atomic E-state index is 0.0485. The number of hydrogen-bond donors (Lipinski definition) is 1. The Morgan fingerprint density at radius 2 is 2.35 bits per heavy atom. The van der Waals surface area contributed by atoms with Crippen molar-refractivity contribution < 1.29 is 14.5 Å². The zero-order chi connectivity index (χ0) is 16.8. The molecule has 1 aromatic carbocycles. The van der Waals surface area contributed by atoms with Crippen LogP contribution in [0.4, 0.5) is 5.69 Å². The maximum atomic E-state index is 12.2. The summed E-state index contributed by atoms with van der Waals surface area (Å²) in [5, 5.41) is 14.3. The summed E-state index contributed by atoms with van der Waals surface area (Å²) < 4.78 is 4.98. The Balaban J connectivity index is 1.89. The summed E-state index contributed by atoms with van der Waals surface area (Å²) in [6, 6.07) is 5.09. The first kappa shape index (κ1) is 17.6. The van der Waals surface area contributed by atoms with Gasteiger partial charge in [-0.05, 0) is 18.6 Å². The number of rotatable bonds is 6. The molecule has 0 aliphatic carbocycles. The average Bonchev–Trinajstić information content (AvgIpc) is 2.55. The molecule has 0 spiro atoms. The number of hydrogen-bond acceptors (Lipinski definition) is 6. The van der Waals surface area contributed by atoms with Crippen molar-refractivity contribution >= 4 is 23.4 Å². The molecule has 1 heterocycles. The Hall–Kier alpha value is -1.80. The molecule has 0 saturated carbocycles. The van der Waals surface area contributed by atoms with Gasteiger partial charge in [-0.25, -0.2) is 0 Å². The van der Waals surface area contributed by atoms with Crippen LogP contribution in [0, 0.1) is 10.1 Å². The number of piperazine rings is 1. The van der Waals surface area contributed by atoms with Crippen LogP contribution in [0.1, 0.15) is 12.5 Å². The van der Waals surface area contributed by atoms with Gasteiger partial charge in [0.1, 0.15) is 0 Å². The highest BCUT2D eigenvalue weighted by molar-refractivity contribution is 7.99. The van der Waals surface area contributed by atoms with E-state index in [0.717, 1.165) is 25.2 Å². The summed E-state index contributed by atoms with van der Waals surface area (Å²) in [4.78, 5) is 24.7. The topological polar surface area (TPSA) is 84.7 Å². The minimum atomic E-state index is -0.458. The summed E-state index contributed by atoms with van der Waals surface area (Å²) in [6.07, 6.45) is 0. The van der Waals surface area contributed by atoms with Gasteiger partial charge in [-0.2, -0.15) is 0 Å². The largest absolute Gasteiger partial charge is 0.490 e. The molecule has 1 aromatic rings. The third kappa shape index (κ3) is 4.59. The van der Waals surface area contributed by atoms with Gasteiger partial charge in [0.05, 0.1) is 17.8 Å². The van der Waals surface area contributed by atoms with Gasteiger partial charge in [0.2, 0.25) is 5.91 Å². The summed E-state index contributed by atoms with van der Waals surface area (Å²) in [5.41, 5.74) is 0.760. The maximum Gasteiger partial charge on any atom is 0.311 e. The molecule has 1 fully saturated rings. The van der Waals surface area contributed by atoms with Gasteiger partial charge in [0.25, 0.3) is 0 Å². The Labute approximate surface area is 139 Å². The quantitative estimate of drug-likeness (QED) is 0.627. The van der Waals surface area contributed by atoms with Crippen molar-refractivity contribution in [1.29, 1.82) is 0 Å². The van der Waals surface area contributed by atoms with Gasteiger partial charge >= 0.3 is 5.69 Å². The number of nitrogens with one attached hydrogen (secondary N) is 1. The summed E-state index contributed by atoms with van der Waals surface area (Å²) in [5.74, 6) is 1.29. The highest BCUT2D eigenvalue weighted by Gasteiger charge is 2.22. The van der Waals surface area contributed by atoms with Crippen molar-refractivity contribution in [1.82, 2.24) is 10.2 Å². The van der Waals surface area contributed by atoms with Crippen LogP contribution in [0.3, 0.4) is 0 Å². The maximum absolute atomic E-state index is 12.2. The molecule has 2 rings (SSSR count). The van der Waals surface area contributed by atoms with Crippen LogP contribution in [0.25, 0.3) is 0 Å². The van der Waals surface area contributed by atoms with Crippen molar-refractivity contribution in [3.05, 3.63) is 33.9 Å². The van der Waals surface area contributed by atoms with E-state index < -0.39 is 4.92 Å². The molecule has 1 amide bonds. The van der Waals surface area contributed by atoms with Crippen molar-refractivity contribution in [2.75, 3.05) is 32.5 Å². The van der Waals surface area contributed by atoms with E-state index in [4.69, 9.17) is 4.74 Å². The predicted octanol–water partition coefficient (Wildman–Crippen LogP) is 1.66. The molecule has 1 saturated heterocycles. The number of carbonyl (C=O) groups excluding carboxylic acids is 1.